The lowest BCUT2D eigenvalue weighted by molar-refractivity contribution is -0.0440. The lowest BCUT2D eigenvalue weighted by Crippen LogP contribution is -2.58. The molecule has 2 aromatic rings. The molecule has 1 aliphatic carbocycles. The van der Waals surface area contributed by atoms with Gasteiger partial charge >= 0.3 is 0 Å². The van der Waals surface area contributed by atoms with Crippen LogP contribution >= 0.6 is 20.0 Å². The monoisotopic (exact) mass is 948 g/mol. The summed E-state index contributed by atoms with van der Waals surface area (Å²) in [6, 6.07) is 0. The molecule has 364 valence electrons. The van der Waals surface area contributed by atoms with Crippen LogP contribution in [0, 0.1) is 5.41 Å². The summed E-state index contributed by atoms with van der Waals surface area (Å²) < 4.78 is 63.7. The second kappa shape index (κ2) is 30.9. The predicted molar refractivity (Wildman–Crippen MR) is 240 cm³/mol. The summed E-state index contributed by atoms with van der Waals surface area (Å²) in [5.74, 6) is 6.26. The summed E-state index contributed by atoms with van der Waals surface area (Å²) in [6.45, 7) is 13.1. The summed E-state index contributed by atoms with van der Waals surface area (Å²) in [5.41, 5.74) is 1.41. The Kier molecular flexibility index (Phi) is 25.4. The SMILES string of the molecule is CCCOCCOCCOCCOCCN=C/C(COCCOCCOCCOCCOC1CCC2(CC1)CN(c1nc(Cl)nc3c1cnn3C1CCC(COCP(O)O)O1)C2)=N\N. The molecule has 0 aromatic carbocycles. The zero-order valence-electron chi connectivity index (χ0n) is 37.3. The van der Waals surface area contributed by atoms with Crippen molar-refractivity contribution in [2.45, 2.75) is 70.3 Å². The number of halogens is 1. The van der Waals surface area contributed by atoms with E-state index in [1.807, 2.05) is 0 Å². The normalized spacial score (nSPS) is 19.3. The number of rotatable bonds is 36. The van der Waals surface area contributed by atoms with E-state index in [1.165, 1.54) is 0 Å². The molecule has 4 heterocycles. The quantitative estimate of drug-likeness (QED) is 0.0222. The third-order valence-corrected chi connectivity index (χ3v) is 11.4. The van der Waals surface area contributed by atoms with Crippen LogP contribution < -0.4 is 10.7 Å². The predicted octanol–water partition coefficient (Wildman–Crippen LogP) is 3.12. The van der Waals surface area contributed by atoms with Crippen molar-refractivity contribution in [2.24, 2.45) is 21.4 Å². The minimum absolute atomic E-state index is 0.0928. The van der Waals surface area contributed by atoms with E-state index in [1.54, 1.807) is 17.1 Å². The lowest BCUT2D eigenvalue weighted by atomic mass is 9.68. The largest absolute Gasteiger partial charge is 0.379 e. The van der Waals surface area contributed by atoms with Crippen LogP contribution in [0.15, 0.2) is 16.3 Å². The van der Waals surface area contributed by atoms with E-state index in [-0.39, 0.29) is 48.7 Å². The minimum Gasteiger partial charge on any atom is -0.379 e. The second-order valence-corrected chi connectivity index (χ2v) is 17.1. The first-order valence-corrected chi connectivity index (χ1v) is 24.2. The van der Waals surface area contributed by atoms with Crippen LogP contribution in [-0.4, -0.2) is 199 Å². The van der Waals surface area contributed by atoms with Gasteiger partial charge in [0, 0.05) is 31.3 Å². The van der Waals surface area contributed by atoms with Crippen molar-refractivity contribution in [1.29, 1.82) is 0 Å². The highest BCUT2D eigenvalue weighted by atomic mass is 35.5. The maximum absolute atomic E-state index is 9.09. The van der Waals surface area contributed by atoms with Gasteiger partial charge in [0.25, 0.3) is 0 Å². The number of aliphatic imine (C=N–C) groups is 1. The van der Waals surface area contributed by atoms with Gasteiger partial charge in [-0.1, -0.05) is 6.92 Å². The number of anilines is 1. The Hall–Kier alpha value is -2.31. The molecule has 2 atom stereocenters. The van der Waals surface area contributed by atoms with Crippen molar-refractivity contribution >= 4 is 48.8 Å². The molecule has 0 bridgehead atoms. The standard InChI is InChI=1S/C41H70ClN8O13P/c1-2-10-53-12-14-55-16-17-56-15-13-54-11-9-44-26-33(48-43)28-60-23-22-58-19-18-57-20-21-59-24-25-62-34-5-7-41(8-6-34)30-49(31-41)38-36-27-45-50(39(36)47-40(42)46-38)37-4-3-35(63-37)29-61-32-64(51)52/h26-27,34-35,37,51-52H,2-25,28-32,43H2,1H3/b44-26?,48-33+. The van der Waals surface area contributed by atoms with Crippen LogP contribution in [0.5, 0.6) is 0 Å². The van der Waals surface area contributed by atoms with Crippen LogP contribution in [0.1, 0.15) is 58.1 Å². The molecule has 3 fully saturated rings. The highest BCUT2D eigenvalue weighted by Crippen LogP contribution is 2.47. The Labute approximate surface area is 382 Å². The molecule has 2 unspecified atom stereocenters. The number of hydrogen-bond acceptors (Lipinski definition) is 20. The number of aromatic nitrogens is 4. The maximum atomic E-state index is 9.09. The van der Waals surface area contributed by atoms with Gasteiger partial charge in [0.15, 0.2) is 20.3 Å². The van der Waals surface area contributed by atoms with Gasteiger partial charge in [0.05, 0.1) is 143 Å². The molecule has 3 aliphatic rings. The molecule has 23 heteroatoms. The van der Waals surface area contributed by atoms with Crippen LogP contribution in [-0.2, 0) is 52.1 Å². The molecule has 0 radical (unpaired) electrons. The van der Waals surface area contributed by atoms with Crippen LogP contribution in [0.3, 0.4) is 0 Å². The van der Waals surface area contributed by atoms with Crippen molar-refractivity contribution < 1.29 is 61.9 Å². The van der Waals surface area contributed by atoms with E-state index in [4.69, 9.17) is 79.3 Å². The number of nitrogens with two attached hydrogens (primary N) is 1. The third kappa shape index (κ3) is 19.1. The second-order valence-electron chi connectivity index (χ2n) is 15.7. The maximum Gasteiger partial charge on any atom is 0.226 e. The summed E-state index contributed by atoms with van der Waals surface area (Å²) in [4.78, 5) is 33.8. The summed E-state index contributed by atoms with van der Waals surface area (Å²) in [7, 11) is -2.09. The van der Waals surface area contributed by atoms with E-state index >= 15 is 0 Å². The van der Waals surface area contributed by atoms with E-state index in [0.29, 0.717) is 117 Å². The molecule has 5 rings (SSSR count). The summed E-state index contributed by atoms with van der Waals surface area (Å²) >= 11 is 6.43. The number of ether oxygens (including phenoxy) is 11. The Morgan fingerprint density at radius 2 is 1.41 bits per heavy atom. The molecule has 0 amide bonds. The molecule has 4 N–H and O–H groups in total. The number of fused-ring (bicyclic) bond motifs is 1. The van der Waals surface area contributed by atoms with E-state index in [2.05, 4.69) is 37.0 Å². The summed E-state index contributed by atoms with van der Waals surface area (Å²) in [5, 5.41) is 9.34. The van der Waals surface area contributed by atoms with Gasteiger partial charge in [0.2, 0.25) is 5.28 Å². The molecule has 64 heavy (non-hydrogen) atoms. The van der Waals surface area contributed by atoms with Gasteiger partial charge in [-0.3, -0.25) is 4.99 Å². The van der Waals surface area contributed by atoms with Crippen LogP contribution in [0.2, 0.25) is 5.28 Å². The van der Waals surface area contributed by atoms with E-state index in [0.717, 1.165) is 75.8 Å². The first-order valence-electron chi connectivity index (χ1n) is 22.4. The summed E-state index contributed by atoms with van der Waals surface area (Å²) in [6.07, 6.45) is 9.76. The molecule has 21 nitrogen and oxygen atoms in total. The first-order chi connectivity index (χ1) is 31.4. The van der Waals surface area contributed by atoms with Gasteiger partial charge in [-0.05, 0) is 56.5 Å². The fraction of sp³-hybridized carbons (Fsp3) is 0.829. The topological polar surface area (TPSA) is 240 Å². The van der Waals surface area contributed by atoms with Crippen LogP contribution in [0.4, 0.5) is 5.82 Å². The molecule has 2 aliphatic heterocycles. The number of hydrazone groups is 1. The fourth-order valence-corrected chi connectivity index (χ4v) is 8.03. The minimum atomic E-state index is -2.09. The Balaban J connectivity index is 0.798. The van der Waals surface area contributed by atoms with Gasteiger partial charge in [0.1, 0.15) is 17.9 Å². The zero-order valence-corrected chi connectivity index (χ0v) is 39.0. The van der Waals surface area contributed by atoms with Crippen molar-refractivity contribution in [3.05, 3.63) is 11.5 Å². The zero-order chi connectivity index (χ0) is 45.1. The van der Waals surface area contributed by atoms with E-state index in [9.17, 15) is 0 Å². The van der Waals surface area contributed by atoms with E-state index < -0.39 is 8.38 Å². The smallest absolute Gasteiger partial charge is 0.226 e. The van der Waals surface area contributed by atoms with Gasteiger partial charge in [-0.2, -0.15) is 20.2 Å². The van der Waals surface area contributed by atoms with Crippen molar-refractivity contribution in [3.63, 3.8) is 0 Å². The highest BCUT2D eigenvalue weighted by molar-refractivity contribution is 7.44. The molecule has 2 aromatic heterocycles. The number of hydrogen-bond donors (Lipinski definition) is 3. The average molecular weight is 949 g/mol. The molecular weight excluding hydrogens is 879 g/mol. The Morgan fingerprint density at radius 1 is 0.812 bits per heavy atom. The number of nitrogens with zero attached hydrogens (tertiary/aromatic N) is 7. The fourth-order valence-electron chi connectivity index (χ4n) is 7.60. The first kappa shape index (κ1) is 52.7. The molecule has 2 saturated heterocycles. The van der Waals surface area contributed by atoms with Gasteiger partial charge in [-0.15, -0.1) is 0 Å². The van der Waals surface area contributed by atoms with Crippen LogP contribution in [0.25, 0.3) is 11.0 Å². The van der Waals surface area contributed by atoms with Gasteiger partial charge in [-0.25, -0.2) is 4.68 Å². The third-order valence-electron chi connectivity index (χ3n) is 10.8. The Morgan fingerprint density at radius 3 is 2.02 bits per heavy atom. The van der Waals surface area contributed by atoms with Crippen molar-refractivity contribution in [2.75, 3.05) is 150 Å². The van der Waals surface area contributed by atoms with Gasteiger partial charge < -0.3 is 72.6 Å². The molecule has 1 spiro atoms. The molecule has 1 saturated carbocycles. The average Bonchev–Trinajstić information content (AvgIpc) is 3.93. The Bertz CT molecular complexity index is 1620. The molecular formula is C41H70ClN8O13P. The highest BCUT2D eigenvalue weighted by Gasteiger charge is 2.46. The van der Waals surface area contributed by atoms with Crippen molar-refractivity contribution in [1.82, 2.24) is 19.7 Å². The lowest BCUT2D eigenvalue weighted by Gasteiger charge is -2.54. The van der Waals surface area contributed by atoms with Crippen molar-refractivity contribution in [3.8, 4) is 0 Å².